The van der Waals surface area contributed by atoms with Crippen LogP contribution in [0.3, 0.4) is 0 Å². The largest absolute Gasteiger partial charge is 0.393 e. The van der Waals surface area contributed by atoms with Crippen molar-refractivity contribution in [2.24, 2.45) is 5.73 Å². The summed E-state index contributed by atoms with van der Waals surface area (Å²) in [4.78, 5) is 3.01. The molecule has 0 spiro atoms. The van der Waals surface area contributed by atoms with Crippen LogP contribution in [0, 0.1) is 0 Å². The van der Waals surface area contributed by atoms with E-state index in [0.717, 1.165) is 19.5 Å². The molecule has 1 saturated heterocycles. The molecule has 16 heavy (non-hydrogen) atoms. The number of nitrogens with two attached hydrogens (primary N) is 1. The van der Waals surface area contributed by atoms with E-state index in [2.05, 4.69) is 25.7 Å². The zero-order valence-electron chi connectivity index (χ0n) is 10.6. The van der Waals surface area contributed by atoms with Crippen LogP contribution in [0.5, 0.6) is 0 Å². The molecule has 1 heterocycles. The van der Waals surface area contributed by atoms with E-state index >= 15 is 0 Å². The van der Waals surface area contributed by atoms with Crippen LogP contribution < -0.4 is 5.73 Å². The Morgan fingerprint density at radius 3 is 2.62 bits per heavy atom. The van der Waals surface area contributed by atoms with Crippen LogP contribution in [0.15, 0.2) is 0 Å². The molecule has 0 aromatic carbocycles. The van der Waals surface area contributed by atoms with E-state index in [1.54, 1.807) is 0 Å². The summed E-state index contributed by atoms with van der Waals surface area (Å²) < 4.78 is 5.84. The minimum atomic E-state index is 0.392. The lowest BCUT2D eigenvalue weighted by Crippen LogP contribution is -2.39. The van der Waals surface area contributed by atoms with E-state index in [1.807, 2.05) is 0 Å². The molecule has 3 nitrogen and oxygen atoms in total. The second kappa shape index (κ2) is 6.52. The molecule has 0 aromatic rings. The highest BCUT2D eigenvalue weighted by atomic mass is 32.1. The highest BCUT2D eigenvalue weighted by molar-refractivity contribution is 7.80. The molecule has 94 valence electrons. The molecule has 4 heteroatoms. The van der Waals surface area contributed by atoms with Crippen molar-refractivity contribution in [1.82, 2.24) is 4.90 Å². The number of nitrogens with zero attached hydrogens (tertiary/aromatic N) is 1. The Morgan fingerprint density at radius 1 is 1.50 bits per heavy atom. The van der Waals surface area contributed by atoms with Gasteiger partial charge in [-0.15, -0.1) is 0 Å². The molecule has 2 atom stereocenters. The fraction of sp³-hybridized carbons (Fsp3) is 0.917. The summed E-state index contributed by atoms with van der Waals surface area (Å²) in [5.74, 6) is 0. The minimum Gasteiger partial charge on any atom is -0.393 e. The van der Waals surface area contributed by atoms with Crippen LogP contribution in [0.1, 0.15) is 40.0 Å². The minimum absolute atomic E-state index is 0.392. The van der Waals surface area contributed by atoms with Crippen molar-refractivity contribution in [2.75, 3.05) is 13.1 Å². The Bertz CT molecular complexity index is 233. The summed E-state index contributed by atoms with van der Waals surface area (Å²) >= 11 is 4.92. The van der Waals surface area contributed by atoms with Gasteiger partial charge in [0.2, 0.25) is 0 Å². The highest BCUT2D eigenvalue weighted by Crippen LogP contribution is 2.20. The standard InChI is InChI=1S/C12H24N2OS/c1-9(2)14(7-6-12(13)16)8-11-5-4-10(3)15-11/h9-11H,4-8H2,1-3H3,(H2,13,16). The van der Waals surface area contributed by atoms with Gasteiger partial charge in [0, 0.05) is 25.6 Å². The Morgan fingerprint density at radius 2 is 2.19 bits per heavy atom. The van der Waals surface area contributed by atoms with Gasteiger partial charge in [-0.3, -0.25) is 4.90 Å². The van der Waals surface area contributed by atoms with Crippen molar-refractivity contribution in [3.8, 4) is 0 Å². The molecule has 0 saturated carbocycles. The summed E-state index contributed by atoms with van der Waals surface area (Å²) in [6.07, 6.45) is 3.98. The summed E-state index contributed by atoms with van der Waals surface area (Å²) in [6, 6.07) is 0.522. The van der Waals surface area contributed by atoms with Gasteiger partial charge in [0.25, 0.3) is 0 Å². The Labute approximate surface area is 104 Å². The monoisotopic (exact) mass is 244 g/mol. The summed E-state index contributed by atoms with van der Waals surface area (Å²) in [5, 5.41) is 0. The molecule has 2 N–H and O–H groups in total. The summed E-state index contributed by atoms with van der Waals surface area (Å²) in [5.41, 5.74) is 5.54. The first-order valence-electron chi connectivity index (χ1n) is 6.17. The van der Waals surface area contributed by atoms with Crippen molar-refractivity contribution in [1.29, 1.82) is 0 Å². The van der Waals surface area contributed by atoms with E-state index < -0.39 is 0 Å². The third-order valence-electron chi connectivity index (χ3n) is 3.13. The van der Waals surface area contributed by atoms with Gasteiger partial charge in [-0.2, -0.15) is 0 Å². The van der Waals surface area contributed by atoms with Gasteiger partial charge in [-0.1, -0.05) is 12.2 Å². The Hall–Kier alpha value is -0.190. The van der Waals surface area contributed by atoms with Crippen molar-refractivity contribution in [3.63, 3.8) is 0 Å². The number of hydrogen-bond donors (Lipinski definition) is 1. The fourth-order valence-corrected chi connectivity index (χ4v) is 2.19. The summed E-state index contributed by atoms with van der Waals surface area (Å²) in [7, 11) is 0. The third-order valence-corrected chi connectivity index (χ3v) is 3.34. The number of rotatable bonds is 6. The van der Waals surface area contributed by atoms with E-state index in [9.17, 15) is 0 Å². The Balaban J connectivity index is 2.35. The SMILES string of the molecule is CC1CCC(CN(CCC(N)=S)C(C)C)O1. The maximum atomic E-state index is 5.84. The first-order valence-corrected chi connectivity index (χ1v) is 6.57. The topological polar surface area (TPSA) is 38.5 Å². The lowest BCUT2D eigenvalue weighted by atomic mass is 10.1. The lowest BCUT2D eigenvalue weighted by Gasteiger charge is -2.28. The lowest BCUT2D eigenvalue weighted by molar-refractivity contribution is 0.0254. The van der Waals surface area contributed by atoms with Gasteiger partial charge >= 0.3 is 0 Å². The zero-order valence-corrected chi connectivity index (χ0v) is 11.4. The van der Waals surface area contributed by atoms with Gasteiger partial charge < -0.3 is 10.5 Å². The maximum Gasteiger partial charge on any atom is 0.0740 e. The second-order valence-corrected chi connectivity index (χ2v) is 5.48. The molecule has 1 aliphatic rings. The molecule has 1 fully saturated rings. The van der Waals surface area contributed by atoms with E-state index in [4.69, 9.17) is 22.7 Å². The Kier molecular flexibility index (Phi) is 5.66. The van der Waals surface area contributed by atoms with Crippen molar-refractivity contribution >= 4 is 17.2 Å². The molecular formula is C12H24N2OS. The molecule has 1 rings (SSSR count). The van der Waals surface area contributed by atoms with Gasteiger partial charge in [-0.25, -0.2) is 0 Å². The van der Waals surface area contributed by atoms with Gasteiger partial charge in [-0.05, 0) is 33.6 Å². The average Bonchev–Trinajstić information content (AvgIpc) is 2.57. The van der Waals surface area contributed by atoms with E-state index in [1.165, 1.54) is 12.8 Å². The molecule has 2 unspecified atom stereocenters. The van der Waals surface area contributed by atoms with Crippen LogP contribution in [0.2, 0.25) is 0 Å². The quantitative estimate of drug-likeness (QED) is 0.725. The second-order valence-electron chi connectivity index (χ2n) is 4.95. The van der Waals surface area contributed by atoms with Gasteiger partial charge in [0.15, 0.2) is 0 Å². The zero-order chi connectivity index (χ0) is 12.1. The number of ether oxygens (including phenoxy) is 1. The third kappa shape index (κ3) is 4.76. The van der Waals surface area contributed by atoms with Crippen LogP contribution in [0.25, 0.3) is 0 Å². The van der Waals surface area contributed by atoms with Crippen LogP contribution in [-0.4, -0.2) is 41.2 Å². The molecule has 0 bridgehead atoms. The van der Waals surface area contributed by atoms with Crippen molar-refractivity contribution in [2.45, 2.75) is 58.3 Å². The number of hydrogen-bond acceptors (Lipinski definition) is 3. The normalized spacial score (nSPS) is 25.6. The first-order chi connectivity index (χ1) is 7.49. The van der Waals surface area contributed by atoms with Crippen LogP contribution >= 0.6 is 12.2 Å². The van der Waals surface area contributed by atoms with Gasteiger partial charge in [0.1, 0.15) is 0 Å². The molecule has 0 radical (unpaired) electrons. The average molecular weight is 244 g/mol. The molecule has 0 aliphatic carbocycles. The highest BCUT2D eigenvalue weighted by Gasteiger charge is 2.24. The van der Waals surface area contributed by atoms with Gasteiger partial charge in [0.05, 0.1) is 17.2 Å². The van der Waals surface area contributed by atoms with Crippen LogP contribution in [-0.2, 0) is 4.74 Å². The first kappa shape index (κ1) is 13.9. The fourth-order valence-electron chi connectivity index (χ4n) is 2.10. The van der Waals surface area contributed by atoms with Crippen molar-refractivity contribution < 1.29 is 4.74 Å². The van der Waals surface area contributed by atoms with E-state index in [0.29, 0.717) is 23.2 Å². The maximum absolute atomic E-state index is 5.84. The summed E-state index contributed by atoms with van der Waals surface area (Å²) in [6.45, 7) is 8.51. The predicted octanol–water partition coefficient (Wildman–Crippen LogP) is 1.94. The molecule has 0 amide bonds. The van der Waals surface area contributed by atoms with E-state index in [-0.39, 0.29) is 0 Å². The van der Waals surface area contributed by atoms with Crippen molar-refractivity contribution in [3.05, 3.63) is 0 Å². The molecule has 0 aromatic heterocycles. The molecular weight excluding hydrogens is 220 g/mol. The molecule has 1 aliphatic heterocycles. The predicted molar refractivity (Wildman–Crippen MR) is 71.7 cm³/mol. The smallest absolute Gasteiger partial charge is 0.0740 e. The van der Waals surface area contributed by atoms with Crippen LogP contribution in [0.4, 0.5) is 0 Å². The number of thiocarbonyl (C=S) groups is 1.